The zero-order valence-corrected chi connectivity index (χ0v) is 15.7. The number of carbonyl (C=O) groups is 1. The third-order valence-corrected chi connectivity index (χ3v) is 4.51. The highest BCUT2D eigenvalue weighted by molar-refractivity contribution is 6.36. The van der Waals surface area contributed by atoms with Gasteiger partial charge in [0.1, 0.15) is 0 Å². The molecule has 0 fully saturated rings. The SMILES string of the molecule is CC(C)(C)c1c(NC(=O)Cc2c(Cl)cccc2Cl)nn2cccnc12. The zero-order chi connectivity index (χ0) is 18.2. The highest BCUT2D eigenvalue weighted by atomic mass is 35.5. The topological polar surface area (TPSA) is 59.3 Å². The second-order valence-corrected chi connectivity index (χ2v) is 7.60. The van der Waals surface area contributed by atoms with Crippen molar-refractivity contribution in [3.8, 4) is 0 Å². The fraction of sp³-hybridized carbons (Fsp3) is 0.278. The number of aromatic nitrogens is 3. The van der Waals surface area contributed by atoms with Crippen molar-refractivity contribution in [1.82, 2.24) is 14.6 Å². The Labute approximate surface area is 156 Å². The van der Waals surface area contributed by atoms with Crippen LogP contribution < -0.4 is 5.32 Å². The van der Waals surface area contributed by atoms with E-state index in [4.69, 9.17) is 23.2 Å². The Bertz CT molecular complexity index is 924. The normalized spacial score (nSPS) is 11.7. The summed E-state index contributed by atoms with van der Waals surface area (Å²) in [6.07, 6.45) is 3.59. The van der Waals surface area contributed by atoms with Gasteiger partial charge in [0.15, 0.2) is 11.5 Å². The molecule has 25 heavy (non-hydrogen) atoms. The van der Waals surface area contributed by atoms with Gasteiger partial charge in [-0.3, -0.25) is 4.79 Å². The summed E-state index contributed by atoms with van der Waals surface area (Å²) >= 11 is 12.3. The lowest BCUT2D eigenvalue weighted by molar-refractivity contribution is -0.115. The smallest absolute Gasteiger partial charge is 0.230 e. The van der Waals surface area contributed by atoms with Crippen LogP contribution in [0.15, 0.2) is 36.7 Å². The molecule has 130 valence electrons. The third-order valence-electron chi connectivity index (χ3n) is 3.80. The van der Waals surface area contributed by atoms with E-state index in [1.165, 1.54) is 0 Å². The largest absolute Gasteiger partial charge is 0.309 e. The van der Waals surface area contributed by atoms with Gasteiger partial charge < -0.3 is 5.32 Å². The molecule has 0 atom stereocenters. The average molecular weight is 377 g/mol. The molecule has 3 aromatic rings. The Kier molecular flexibility index (Phi) is 4.71. The van der Waals surface area contributed by atoms with Gasteiger partial charge in [-0.05, 0) is 29.2 Å². The minimum Gasteiger partial charge on any atom is -0.309 e. The molecular formula is C18H18Cl2N4O. The number of hydrogen-bond donors (Lipinski definition) is 1. The van der Waals surface area contributed by atoms with Crippen LogP contribution in [0.5, 0.6) is 0 Å². The van der Waals surface area contributed by atoms with Crippen LogP contribution >= 0.6 is 23.2 Å². The van der Waals surface area contributed by atoms with Gasteiger partial charge in [-0.15, -0.1) is 5.10 Å². The van der Waals surface area contributed by atoms with Gasteiger partial charge in [0.2, 0.25) is 5.91 Å². The Morgan fingerprint density at radius 3 is 2.52 bits per heavy atom. The molecule has 2 aromatic heterocycles. The Morgan fingerprint density at radius 1 is 1.20 bits per heavy atom. The number of anilines is 1. The van der Waals surface area contributed by atoms with E-state index in [2.05, 4.69) is 36.2 Å². The lowest BCUT2D eigenvalue weighted by Gasteiger charge is -2.18. The molecule has 5 nitrogen and oxygen atoms in total. The summed E-state index contributed by atoms with van der Waals surface area (Å²) in [5.41, 5.74) is 1.97. The Balaban J connectivity index is 1.94. The molecule has 7 heteroatoms. The number of carbonyl (C=O) groups excluding carboxylic acids is 1. The van der Waals surface area contributed by atoms with Crippen LogP contribution in [0, 0.1) is 0 Å². The highest BCUT2D eigenvalue weighted by Gasteiger charge is 2.26. The number of amides is 1. The second kappa shape index (κ2) is 6.65. The molecule has 0 saturated carbocycles. The summed E-state index contributed by atoms with van der Waals surface area (Å²) in [7, 11) is 0. The van der Waals surface area contributed by atoms with E-state index < -0.39 is 0 Å². The van der Waals surface area contributed by atoms with Gasteiger partial charge in [0, 0.05) is 28.0 Å². The van der Waals surface area contributed by atoms with Crippen LogP contribution in [0.4, 0.5) is 5.82 Å². The Morgan fingerprint density at radius 2 is 1.88 bits per heavy atom. The second-order valence-electron chi connectivity index (χ2n) is 6.79. The van der Waals surface area contributed by atoms with E-state index in [-0.39, 0.29) is 17.7 Å². The maximum absolute atomic E-state index is 12.5. The summed E-state index contributed by atoms with van der Waals surface area (Å²) < 4.78 is 1.67. The molecule has 3 rings (SSSR count). The molecule has 1 amide bonds. The Hall–Kier alpha value is -2.11. The summed E-state index contributed by atoms with van der Waals surface area (Å²) in [5, 5.41) is 8.28. The number of nitrogens with zero attached hydrogens (tertiary/aromatic N) is 3. The minimum atomic E-state index is -0.235. The van der Waals surface area contributed by atoms with Gasteiger partial charge in [-0.1, -0.05) is 50.0 Å². The lowest BCUT2D eigenvalue weighted by Crippen LogP contribution is -2.20. The van der Waals surface area contributed by atoms with Crippen LogP contribution in [0.2, 0.25) is 10.0 Å². The first-order valence-corrected chi connectivity index (χ1v) is 8.59. The fourth-order valence-electron chi connectivity index (χ4n) is 2.70. The van der Waals surface area contributed by atoms with Crippen LogP contribution in [0.25, 0.3) is 5.65 Å². The van der Waals surface area contributed by atoms with Gasteiger partial charge in [0.05, 0.1) is 6.42 Å². The molecular weight excluding hydrogens is 359 g/mol. The lowest BCUT2D eigenvalue weighted by atomic mass is 9.88. The van der Waals surface area contributed by atoms with E-state index in [9.17, 15) is 4.79 Å². The summed E-state index contributed by atoms with van der Waals surface area (Å²) in [6, 6.07) is 6.97. The van der Waals surface area contributed by atoms with Crippen LogP contribution in [0.1, 0.15) is 31.9 Å². The van der Waals surface area contributed by atoms with Crippen molar-refractivity contribution in [2.24, 2.45) is 0 Å². The highest BCUT2D eigenvalue weighted by Crippen LogP contribution is 2.32. The average Bonchev–Trinajstić information content (AvgIpc) is 2.88. The van der Waals surface area contributed by atoms with Gasteiger partial charge in [0.25, 0.3) is 0 Å². The molecule has 0 aliphatic rings. The zero-order valence-electron chi connectivity index (χ0n) is 14.2. The van der Waals surface area contributed by atoms with Gasteiger partial charge in [-0.25, -0.2) is 9.50 Å². The first-order chi connectivity index (χ1) is 11.8. The van der Waals surface area contributed by atoms with E-state index in [1.807, 2.05) is 0 Å². The standard InChI is InChI=1S/C18H18Cl2N4O/c1-18(2,3)15-16(23-24-9-5-8-21-17(15)24)22-14(25)10-11-12(19)6-4-7-13(11)20/h4-9H,10H2,1-3H3,(H,22,23,25). The van der Waals surface area contributed by atoms with E-state index in [1.54, 1.807) is 41.2 Å². The van der Waals surface area contributed by atoms with Crippen molar-refractivity contribution in [2.45, 2.75) is 32.6 Å². The van der Waals surface area contributed by atoms with E-state index in [0.29, 0.717) is 21.4 Å². The maximum atomic E-state index is 12.5. The van der Waals surface area contributed by atoms with E-state index >= 15 is 0 Å². The number of rotatable bonds is 3. The third kappa shape index (κ3) is 3.62. The monoisotopic (exact) mass is 376 g/mol. The van der Waals surface area contributed by atoms with Crippen molar-refractivity contribution >= 4 is 40.6 Å². The summed E-state index contributed by atoms with van der Waals surface area (Å²) in [6.45, 7) is 6.16. The molecule has 0 aliphatic heterocycles. The molecule has 0 unspecified atom stereocenters. The number of halogens is 2. The number of fused-ring (bicyclic) bond motifs is 1. The van der Waals surface area contributed by atoms with Crippen LogP contribution in [-0.4, -0.2) is 20.5 Å². The predicted octanol–water partition coefficient (Wildman–Crippen LogP) is 4.51. The number of hydrogen-bond acceptors (Lipinski definition) is 3. The van der Waals surface area contributed by atoms with Crippen molar-refractivity contribution in [3.05, 3.63) is 57.8 Å². The molecule has 0 aliphatic carbocycles. The van der Waals surface area contributed by atoms with E-state index in [0.717, 1.165) is 11.2 Å². The van der Waals surface area contributed by atoms with Crippen LogP contribution in [-0.2, 0) is 16.6 Å². The van der Waals surface area contributed by atoms with Crippen molar-refractivity contribution in [1.29, 1.82) is 0 Å². The van der Waals surface area contributed by atoms with Crippen molar-refractivity contribution < 1.29 is 4.79 Å². The summed E-state index contributed by atoms with van der Waals surface area (Å²) in [5.74, 6) is 0.267. The van der Waals surface area contributed by atoms with Gasteiger partial charge >= 0.3 is 0 Å². The molecule has 0 spiro atoms. The molecule has 1 N–H and O–H groups in total. The molecule has 1 aromatic carbocycles. The van der Waals surface area contributed by atoms with Crippen molar-refractivity contribution in [2.75, 3.05) is 5.32 Å². The molecule has 0 radical (unpaired) electrons. The van der Waals surface area contributed by atoms with Gasteiger partial charge in [-0.2, -0.15) is 0 Å². The van der Waals surface area contributed by atoms with Crippen molar-refractivity contribution in [3.63, 3.8) is 0 Å². The molecule has 0 bridgehead atoms. The maximum Gasteiger partial charge on any atom is 0.230 e. The molecule has 0 saturated heterocycles. The fourth-order valence-corrected chi connectivity index (χ4v) is 3.23. The summed E-state index contributed by atoms with van der Waals surface area (Å²) in [4.78, 5) is 16.9. The first-order valence-electron chi connectivity index (χ1n) is 7.84. The quantitative estimate of drug-likeness (QED) is 0.730. The minimum absolute atomic E-state index is 0.0728. The number of benzene rings is 1. The number of nitrogens with one attached hydrogen (secondary N) is 1. The predicted molar refractivity (Wildman–Crippen MR) is 100 cm³/mol. The first kappa shape index (κ1) is 17.7. The van der Waals surface area contributed by atoms with Crippen LogP contribution in [0.3, 0.4) is 0 Å². The molecule has 2 heterocycles.